The van der Waals surface area contributed by atoms with Gasteiger partial charge in [-0.3, -0.25) is 4.79 Å². The molecule has 0 fully saturated rings. The molecule has 0 spiro atoms. The molecule has 2 N–H and O–H groups in total. The van der Waals surface area contributed by atoms with Crippen LogP contribution in [0.1, 0.15) is 23.2 Å². The molecule has 5 heteroatoms. The third-order valence-corrected chi connectivity index (χ3v) is 3.04. The summed E-state index contributed by atoms with van der Waals surface area (Å²) in [5, 5.41) is 5.82. The molecule has 17 heavy (non-hydrogen) atoms. The van der Waals surface area contributed by atoms with Crippen LogP contribution in [0.4, 0.5) is 5.82 Å². The highest BCUT2D eigenvalue weighted by Gasteiger charge is 2.05. The van der Waals surface area contributed by atoms with Gasteiger partial charge < -0.3 is 10.6 Å². The minimum absolute atomic E-state index is 0.0342. The van der Waals surface area contributed by atoms with Crippen LogP contribution in [0.2, 0.25) is 0 Å². The molecule has 1 rings (SSSR count). The van der Waals surface area contributed by atoms with E-state index >= 15 is 0 Å². The summed E-state index contributed by atoms with van der Waals surface area (Å²) in [5.74, 6) is 1.82. The maximum atomic E-state index is 11.8. The zero-order valence-corrected chi connectivity index (χ0v) is 11.1. The van der Waals surface area contributed by atoms with Crippen LogP contribution in [0.15, 0.2) is 18.3 Å². The van der Waals surface area contributed by atoms with E-state index in [0.29, 0.717) is 11.4 Å². The SMILES string of the molecule is CNc1cc(C(=O)NCCCCSC)ccn1. The lowest BCUT2D eigenvalue weighted by Gasteiger charge is -2.06. The predicted molar refractivity (Wildman–Crippen MR) is 73.7 cm³/mol. The van der Waals surface area contributed by atoms with Crippen LogP contribution in [0.25, 0.3) is 0 Å². The van der Waals surface area contributed by atoms with Crippen molar-refractivity contribution in [2.75, 3.05) is 30.9 Å². The van der Waals surface area contributed by atoms with Gasteiger partial charge in [-0.25, -0.2) is 4.98 Å². The van der Waals surface area contributed by atoms with Gasteiger partial charge in [-0.15, -0.1) is 0 Å². The van der Waals surface area contributed by atoms with Crippen molar-refractivity contribution in [3.63, 3.8) is 0 Å². The first kappa shape index (κ1) is 13.8. The lowest BCUT2D eigenvalue weighted by atomic mass is 10.2. The van der Waals surface area contributed by atoms with E-state index < -0.39 is 0 Å². The number of anilines is 1. The number of nitrogens with one attached hydrogen (secondary N) is 2. The number of hydrogen-bond acceptors (Lipinski definition) is 4. The minimum Gasteiger partial charge on any atom is -0.373 e. The van der Waals surface area contributed by atoms with Gasteiger partial charge in [-0.2, -0.15) is 11.8 Å². The number of rotatable bonds is 7. The van der Waals surface area contributed by atoms with Crippen molar-refractivity contribution in [1.29, 1.82) is 0 Å². The number of carbonyl (C=O) groups excluding carboxylic acids is 1. The average molecular weight is 253 g/mol. The molecule has 1 aromatic rings. The van der Waals surface area contributed by atoms with Crippen molar-refractivity contribution in [1.82, 2.24) is 10.3 Å². The topological polar surface area (TPSA) is 54.0 Å². The summed E-state index contributed by atoms with van der Waals surface area (Å²) >= 11 is 1.83. The Balaban J connectivity index is 2.36. The Morgan fingerprint density at radius 3 is 3.00 bits per heavy atom. The summed E-state index contributed by atoms with van der Waals surface area (Å²) < 4.78 is 0. The van der Waals surface area contributed by atoms with E-state index in [1.165, 1.54) is 0 Å². The Kier molecular flexibility index (Phi) is 6.47. The maximum Gasteiger partial charge on any atom is 0.251 e. The molecule has 0 saturated carbocycles. The Morgan fingerprint density at radius 1 is 1.47 bits per heavy atom. The Morgan fingerprint density at radius 2 is 2.29 bits per heavy atom. The molecule has 1 heterocycles. The predicted octanol–water partition coefficient (Wildman–Crippen LogP) is 2.00. The fourth-order valence-corrected chi connectivity index (χ4v) is 1.88. The molecule has 0 atom stereocenters. The van der Waals surface area contributed by atoms with Crippen molar-refractivity contribution >= 4 is 23.5 Å². The van der Waals surface area contributed by atoms with Gasteiger partial charge in [0.05, 0.1) is 0 Å². The van der Waals surface area contributed by atoms with Crippen molar-refractivity contribution in [3.8, 4) is 0 Å². The molecule has 1 aromatic heterocycles. The molecule has 0 saturated heterocycles. The van der Waals surface area contributed by atoms with E-state index in [2.05, 4.69) is 21.9 Å². The summed E-state index contributed by atoms with van der Waals surface area (Å²) in [5.41, 5.74) is 0.647. The van der Waals surface area contributed by atoms with E-state index in [1.807, 2.05) is 11.8 Å². The molecule has 0 unspecified atom stereocenters. The molecule has 0 aromatic carbocycles. The lowest BCUT2D eigenvalue weighted by Crippen LogP contribution is -2.24. The third-order valence-electron chi connectivity index (χ3n) is 2.34. The first-order valence-corrected chi connectivity index (χ1v) is 7.08. The van der Waals surface area contributed by atoms with E-state index in [4.69, 9.17) is 0 Å². The molecule has 0 aliphatic rings. The number of pyridine rings is 1. The second-order valence-corrected chi connectivity index (χ2v) is 4.62. The molecule has 0 radical (unpaired) electrons. The third kappa shape index (κ3) is 5.08. The Labute approximate surface area is 107 Å². The highest BCUT2D eigenvalue weighted by atomic mass is 32.2. The molecular formula is C12H19N3OS. The standard InChI is InChI=1S/C12H19N3OS/c1-13-11-9-10(5-7-14-11)12(16)15-6-3-4-8-17-2/h5,7,9H,3-4,6,8H2,1-2H3,(H,13,14)(H,15,16). The highest BCUT2D eigenvalue weighted by molar-refractivity contribution is 7.98. The van der Waals surface area contributed by atoms with Crippen LogP contribution in [0.3, 0.4) is 0 Å². The molecular weight excluding hydrogens is 234 g/mol. The van der Waals surface area contributed by atoms with Crippen molar-refractivity contribution in [3.05, 3.63) is 23.9 Å². The summed E-state index contributed by atoms with van der Waals surface area (Å²) in [7, 11) is 1.78. The fraction of sp³-hybridized carbons (Fsp3) is 0.500. The maximum absolute atomic E-state index is 11.8. The fourth-order valence-electron chi connectivity index (χ4n) is 1.38. The number of aromatic nitrogens is 1. The number of unbranched alkanes of at least 4 members (excludes halogenated alkanes) is 1. The quantitative estimate of drug-likeness (QED) is 0.730. The van der Waals surface area contributed by atoms with E-state index in [-0.39, 0.29) is 5.91 Å². The first-order valence-electron chi connectivity index (χ1n) is 5.69. The van der Waals surface area contributed by atoms with E-state index in [0.717, 1.165) is 25.1 Å². The molecule has 0 aliphatic carbocycles. The van der Waals surface area contributed by atoms with Gasteiger partial charge in [-0.1, -0.05) is 0 Å². The normalized spacial score (nSPS) is 10.0. The van der Waals surface area contributed by atoms with Gasteiger partial charge in [0.2, 0.25) is 0 Å². The Bertz CT molecular complexity index is 357. The smallest absolute Gasteiger partial charge is 0.251 e. The second kappa shape index (κ2) is 7.95. The summed E-state index contributed by atoms with van der Waals surface area (Å²) in [6.07, 6.45) is 5.89. The van der Waals surface area contributed by atoms with Crippen molar-refractivity contribution in [2.24, 2.45) is 0 Å². The van der Waals surface area contributed by atoms with Crippen LogP contribution < -0.4 is 10.6 Å². The number of hydrogen-bond donors (Lipinski definition) is 2. The molecule has 4 nitrogen and oxygen atoms in total. The number of nitrogens with zero attached hydrogens (tertiary/aromatic N) is 1. The molecule has 0 bridgehead atoms. The number of thioether (sulfide) groups is 1. The van der Waals surface area contributed by atoms with Crippen LogP contribution >= 0.6 is 11.8 Å². The first-order chi connectivity index (χ1) is 8.27. The molecule has 1 amide bonds. The number of amides is 1. The zero-order valence-electron chi connectivity index (χ0n) is 10.3. The van der Waals surface area contributed by atoms with Gasteiger partial charge in [0.15, 0.2) is 0 Å². The number of carbonyl (C=O) groups is 1. The van der Waals surface area contributed by atoms with E-state index in [9.17, 15) is 4.79 Å². The average Bonchev–Trinajstić information content (AvgIpc) is 2.38. The van der Waals surface area contributed by atoms with Gasteiger partial charge in [0.25, 0.3) is 5.91 Å². The monoisotopic (exact) mass is 253 g/mol. The van der Waals surface area contributed by atoms with Crippen LogP contribution in [-0.2, 0) is 0 Å². The van der Waals surface area contributed by atoms with Crippen LogP contribution in [0, 0.1) is 0 Å². The largest absolute Gasteiger partial charge is 0.373 e. The minimum atomic E-state index is -0.0342. The second-order valence-electron chi connectivity index (χ2n) is 3.64. The zero-order chi connectivity index (χ0) is 12.5. The van der Waals surface area contributed by atoms with Gasteiger partial charge >= 0.3 is 0 Å². The summed E-state index contributed by atoms with van der Waals surface area (Å²) in [4.78, 5) is 15.8. The highest BCUT2D eigenvalue weighted by Crippen LogP contribution is 2.05. The summed E-state index contributed by atoms with van der Waals surface area (Å²) in [6.45, 7) is 0.733. The summed E-state index contributed by atoms with van der Waals surface area (Å²) in [6, 6.07) is 3.47. The molecule has 0 aliphatic heterocycles. The lowest BCUT2D eigenvalue weighted by molar-refractivity contribution is 0.0953. The van der Waals surface area contributed by atoms with E-state index in [1.54, 1.807) is 25.4 Å². The van der Waals surface area contributed by atoms with Crippen molar-refractivity contribution in [2.45, 2.75) is 12.8 Å². The Hall–Kier alpha value is -1.23. The van der Waals surface area contributed by atoms with Crippen molar-refractivity contribution < 1.29 is 4.79 Å². The van der Waals surface area contributed by atoms with Gasteiger partial charge in [0, 0.05) is 25.4 Å². The van der Waals surface area contributed by atoms with Crippen LogP contribution in [0.5, 0.6) is 0 Å². The van der Waals surface area contributed by atoms with Gasteiger partial charge in [0.1, 0.15) is 5.82 Å². The van der Waals surface area contributed by atoms with Crippen LogP contribution in [-0.4, -0.2) is 36.5 Å². The van der Waals surface area contributed by atoms with Gasteiger partial charge in [-0.05, 0) is 37.0 Å². The molecule has 94 valence electrons.